The lowest BCUT2D eigenvalue weighted by Gasteiger charge is -2.43. The number of carbonyl (C=O) groups is 1. The van der Waals surface area contributed by atoms with Gasteiger partial charge in [-0.1, -0.05) is 0 Å². The number of nitrogens with two attached hydrogens (primary N) is 2. The van der Waals surface area contributed by atoms with Gasteiger partial charge in [-0.15, -0.1) is 11.3 Å². The Labute approximate surface area is 179 Å². The van der Waals surface area contributed by atoms with Crippen LogP contribution in [0.2, 0.25) is 0 Å². The fourth-order valence-corrected chi connectivity index (χ4v) is 5.17. The molecule has 3 rings (SSSR count). The van der Waals surface area contributed by atoms with E-state index in [-0.39, 0.29) is 11.7 Å². The normalized spacial score (nSPS) is 18.4. The monoisotopic (exact) mass is 474 g/mol. The van der Waals surface area contributed by atoms with E-state index in [0.29, 0.717) is 13.1 Å². The molecule has 1 aromatic heterocycles. The zero-order valence-corrected chi connectivity index (χ0v) is 19.4. The van der Waals surface area contributed by atoms with Crippen LogP contribution in [0.15, 0.2) is 22.3 Å². The van der Waals surface area contributed by atoms with E-state index < -0.39 is 5.60 Å². The lowest BCUT2D eigenvalue weighted by Crippen LogP contribution is -2.49. The van der Waals surface area contributed by atoms with Gasteiger partial charge in [-0.25, -0.2) is 10.6 Å². The predicted molar refractivity (Wildman–Crippen MR) is 116 cm³/mol. The van der Waals surface area contributed by atoms with Gasteiger partial charge in [0.2, 0.25) is 0 Å². The molecule has 1 amide bonds. The van der Waals surface area contributed by atoms with Gasteiger partial charge in [-0.3, -0.25) is 0 Å². The van der Waals surface area contributed by atoms with Crippen molar-refractivity contribution in [3.8, 4) is 0 Å². The molecule has 0 radical (unpaired) electrons. The smallest absolute Gasteiger partial charge is 0.410 e. The zero-order chi connectivity index (χ0) is 20.9. The molecule has 0 saturated carbocycles. The average Bonchev–Trinajstić information content (AvgIpc) is 2.96. The fraction of sp³-hybridized carbons (Fsp3) is 0.632. The van der Waals surface area contributed by atoms with Crippen LogP contribution < -0.4 is 11.6 Å². The minimum atomic E-state index is -0.445. The van der Waals surface area contributed by atoms with E-state index >= 15 is 0 Å². The summed E-state index contributed by atoms with van der Waals surface area (Å²) in [5.41, 5.74) is 5.67. The molecule has 1 saturated heterocycles. The van der Waals surface area contributed by atoms with E-state index in [1.807, 2.05) is 20.8 Å². The molecule has 158 valence electrons. The largest absolute Gasteiger partial charge is 0.444 e. The Morgan fingerprint density at radius 2 is 2.07 bits per heavy atom. The number of carbonyl (C=O) groups excluding carboxylic acids is 1. The van der Waals surface area contributed by atoms with Gasteiger partial charge in [0.05, 0.1) is 10.4 Å². The Bertz CT molecular complexity index is 692. The topological polar surface area (TPSA) is 94.0 Å². The molecule has 1 fully saturated rings. The number of hydrazine groups is 1. The first-order valence-electron chi connectivity index (χ1n) is 9.33. The number of piperidine rings is 1. The molecule has 2 aliphatic heterocycles. The summed E-state index contributed by atoms with van der Waals surface area (Å²) in [5.74, 6) is 5.07. The van der Waals surface area contributed by atoms with E-state index in [9.17, 15) is 4.79 Å². The molecule has 1 spiro atoms. The van der Waals surface area contributed by atoms with Gasteiger partial charge in [0.15, 0.2) is 0 Å². The number of hydrogen-bond acceptors (Lipinski definition) is 7. The quantitative estimate of drug-likeness (QED) is 0.477. The van der Waals surface area contributed by atoms with Crippen molar-refractivity contribution in [3.63, 3.8) is 0 Å². The van der Waals surface area contributed by atoms with Crippen molar-refractivity contribution in [2.45, 2.75) is 51.2 Å². The van der Waals surface area contributed by atoms with Crippen LogP contribution in [-0.2, 0) is 21.5 Å². The Balaban J connectivity index is 0.000000409. The molecule has 0 aliphatic carbocycles. The maximum atomic E-state index is 12.2. The van der Waals surface area contributed by atoms with E-state index in [2.05, 4.69) is 22.0 Å². The molecule has 9 heteroatoms. The first-order chi connectivity index (χ1) is 13.1. The second-order valence-corrected chi connectivity index (χ2v) is 10.4. The number of rotatable bonds is 1. The summed E-state index contributed by atoms with van der Waals surface area (Å²) >= 11 is 5.36. The summed E-state index contributed by atoms with van der Waals surface area (Å²) < 4.78 is 12.8. The number of fused-ring (bicyclic) bond motifs is 2. The first kappa shape index (κ1) is 23.0. The molecule has 28 heavy (non-hydrogen) atoms. The summed E-state index contributed by atoms with van der Waals surface area (Å²) in [6.07, 6.45) is 5.37. The highest BCUT2D eigenvalue weighted by atomic mass is 79.9. The van der Waals surface area contributed by atoms with Crippen LogP contribution in [-0.4, -0.2) is 48.3 Å². The molecule has 1 aromatic rings. The molecule has 3 heterocycles. The number of thiophene rings is 1. The highest BCUT2D eigenvalue weighted by Gasteiger charge is 2.43. The molecule has 0 bridgehead atoms. The third-order valence-corrected chi connectivity index (χ3v) is 6.35. The summed E-state index contributed by atoms with van der Waals surface area (Å²) in [6, 6.07) is 2.21. The van der Waals surface area contributed by atoms with Crippen molar-refractivity contribution in [2.75, 3.05) is 26.7 Å². The Morgan fingerprint density at radius 3 is 2.57 bits per heavy atom. The number of halogens is 1. The number of hydrogen-bond donors (Lipinski definition) is 2. The van der Waals surface area contributed by atoms with Crippen LogP contribution in [0, 0.1) is 0 Å². The van der Waals surface area contributed by atoms with Crippen LogP contribution >= 0.6 is 27.3 Å². The summed E-state index contributed by atoms with van der Waals surface area (Å²) in [7, 11) is 1.70. The van der Waals surface area contributed by atoms with Gasteiger partial charge < -0.3 is 25.1 Å². The van der Waals surface area contributed by atoms with Crippen molar-refractivity contribution >= 4 is 33.4 Å². The first-order valence-corrected chi connectivity index (χ1v) is 10.9. The lowest BCUT2D eigenvalue weighted by molar-refractivity contribution is -0.0950. The van der Waals surface area contributed by atoms with Crippen molar-refractivity contribution in [1.82, 2.24) is 9.91 Å². The number of ether oxygens (including phenoxy) is 2. The highest BCUT2D eigenvalue weighted by Crippen LogP contribution is 2.46. The molecular weight excluding hydrogens is 444 g/mol. The van der Waals surface area contributed by atoms with Gasteiger partial charge in [0.25, 0.3) is 0 Å². The van der Waals surface area contributed by atoms with E-state index in [4.69, 9.17) is 21.1 Å². The number of nitrogens with zero attached hydrogens (tertiary/aromatic N) is 2. The SMILES string of the molecule is CC(C)(C)OC(=O)N1CCC2(CC1)OCCc1cc(Br)sc12.CN(N)/C=C\N. The van der Waals surface area contributed by atoms with Gasteiger partial charge >= 0.3 is 6.09 Å². The van der Waals surface area contributed by atoms with Crippen LogP contribution in [0.1, 0.15) is 44.1 Å². The average molecular weight is 475 g/mol. The second kappa shape index (κ2) is 9.47. The molecule has 0 aromatic carbocycles. The van der Waals surface area contributed by atoms with Gasteiger partial charge in [-0.2, -0.15) is 0 Å². The third-order valence-electron chi connectivity index (χ3n) is 4.49. The van der Waals surface area contributed by atoms with Crippen molar-refractivity contribution in [2.24, 2.45) is 11.6 Å². The number of likely N-dealkylation sites (tertiary alicyclic amines) is 1. The molecule has 7 nitrogen and oxygen atoms in total. The standard InChI is InChI=1S/C16H22BrNO3S.C3H9N3/c1-15(2,3)21-14(19)18-7-5-16(6-8-18)13-11(4-9-20-16)10-12(17)22-13;1-6(5)3-2-4/h10H,4-9H2,1-3H3;2-3H,4-5H2,1H3/b;3-2-. The third kappa shape index (κ3) is 6.10. The van der Waals surface area contributed by atoms with E-state index in [1.165, 1.54) is 21.6 Å². The predicted octanol–water partition coefficient (Wildman–Crippen LogP) is 3.53. The Hall–Kier alpha value is -1.29. The van der Waals surface area contributed by atoms with Crippen LogP contribution in [0.25, 0.3) is 0 Å². The highest BCUT2D eigenvalue weighted by molar-refractivity contribution is 9.11. The molecule has 2 aliphatic rings. The number of amides is 1. The maximum absolute atomic E-state index is 12.2. The van der Waals surface area contributed by atoms with Gasteiger partial charge in [0, 0.05) is 37.4 Å². The summed E-state index contributed by atoms with van der Waals surface area (Å²) in [6.45, 7) is 7.83. The maximum Gasteiger partial charge on any atom is 0.410 e. The summed E-state index contributed by atoms with van der Waals surface area (Å²) in [4.78, 5) is 15.3. The Morgan fingerprint density at radius 1 is 1.43 bits per heavy atom. The van der Waals surface area contributed by atoms with Crippen molar-refractivity contribution in [3.05, 3.63) is 32.7 Å². The van der Waals surface area contributed by atoms with Crippen molar-refractivity contribution < 1.29 is 14.3 Å². The van der Waals surface area contributed by atoms with Crippen LogP contribution in [0.4, 0.5) is 4.79 Å². The molecular formula is C19H31BrN4O3S. The van der Waals surface area contributed by atoms with Crippen LogP contribution in [0.5, 0.6) is 0 Å². The lowest BCUT2D eigenvalue weighted by atomic mass is 9.85. The van der Waals surface area contributed by atoms with Crippen molar-refractivity contribution in [1.29, 1.82) is 0 Å². The minimum Gasteiger partial charge on any atom is -0.444 e. The van der Waals surface area contributed by atoms with E-state index in [1.54, 1.807) is 29.5 Å². The second-order valence-electron chi connectivity index (χ2n) is 7.97. The fourth-order valence-electron chi connectivity index (χ4n) is 3.27. The minimum absolute atomic E-state index is 0.206. The zero-order valence-electron chi connectivity index (χ0n) is 17.0. The van der Waals surface area contributed by atoms with Gasteiger partial charge in [-0.05, 0) is 67.6 Å². The van der Waals surface area contributed by atoms with Gasteiger partial charge in [0.1, 0.15) is 11.2 Å². The Kier molecular flexibility index (Phi) is 7.78. The van der Waals surface area contributed by atoms with E-state index in [0.717, 1.165) is 29.7 Å². The molecule has 4 N–H and O–H groups in total. The molecule has 0 atom stereocenters. The molecule has 0 unspecified atom stereocenters. The van der Waals surface area contributed by atoms with Crippen LogP contribution in [0.3, 0.4) is 0 Å². The summed E-state index contributed by atoms with van der Waals surface area (Å²) in [5, 5.41) is 1.38.